The number of ether oxygens (including phenoxy) is 1. The van der Waals surface area contributed by atoms with E-state index in [1.807, 2.05) is 46.8 Å². The molecular formula is C24H32N6O5. The van der Waals surface area contributed by atoms with Crippen molar-refractivity contribution in [3.05, 3.63) is 35.0 Å². The van der Waals surface area contributed by atoms with Gasteiger partial charge < -0.3 is 30.1 Å². The molecule has 35 heavy (non-hydrogen) atoms. The molecule has 0 aliphatic carbocycles. The van der Waals surface area contributed by atoms with E-state index in [2.05, 4.69) is 30.7 Å². The molecule has 0 radical (unpaired) electrons. The van der Waals surface area contributed by atoms with E-state index in [9.17, 15) is 9.90 Å². The Morgan fingerprint density at radius 2 is 1.94 bits per heavy atom. The number of carbonyl (C=O) groups excluding carboxylic acids is 1. The van der Waals surface area contributed by atoms with E-state index in [0.717, 1.165) is 22.4 Å². The van der Waals surface area contributed by atoms with Crippen LogP contribution < -0.4 is 15.4 Å². The van der Waals surface area contributed by atoms with E-state index in [1.165, 1.54) is 0 Å². The van der Waals surface area contributed by atoms with E-state index < -0.39 is 18.6 Å². The summed E-state index contributed by atoms with van der Waals surface area (Å²) in [6, 6.07) is 5.77. The molecule has 0 aliphatic rings. The fourth-order valence-electron chi connectivity index (χ4n) is 3.42. The highest BCUT2D eigenvalue weighted by atomic mass is 16.5. The lowest BCUT2D eigenvalue weighted by molar-refractivity contribution is -0.124. The number of aliphatic hydroxyl groups is 2. The average Bonchev–Trinajstić information content (AvgIpc) is 3.31. The fourth-order valence-corrected chi connectivity index (χ4v) is 3.42. The average molecular weight is 485 g/mol. The van der Waals surface area contributed by atoms with Crippen LogP contribution in [0, 0.1) is 13.8 Å². The molecule has 1 amide bonds. The summed E-state index contributed by atoms with van der Waals surface area (Å²) in [6.45, 7) is 9.14. The smallest absolute Gasteiger partial charge is 0.258 e. The summed E-state index contributed by atoms with van der Waals surface area (Å²) in [5.41, 5.74) is 3.84. The summed E-state index contributed by atoms with van der Waals surface area (Å²) in [4.78, 5) is 24.6. The molecule has 0 spiro atoms. The minimum atomic E-state index is -0.917. The zero-order valence-corrected chi connectivity index (χ0v) is 20.6. The minimum Gasteiger partial charge on any atom is -0.490 e. The van der Waals surface area contributed by atoms with Gasteiger partial charge in [-0.05, 0) is 63.4 Å². The quantitative estimate of drug-likeness (QED) is 0.318. The molecule has 3 rings (SSSR count). The number of amides is 1. The normalized spacial score (nSPS) is 12.0. The van der Waals surface area contributed by atoms with Crippen molar-refractivity contribution in [1.29, 1.82) is 0 Å². The van der Waals surface area contributed by atoms with Crippen LogP contribution in [0.5, 0.6) is 5.75 Å². The molecule has 2 heterocycles. The minimum absolute atomic E-state index is 0.0105. The summed E-state index contributed by atoms with van der Waals surface area (Å²) in [5.74, 6) is 1.32. The SMILES string of the molecule is CCc1cc(-c2nc(-c3cc(C)nc(NC(C)C)n3)no2)cc(C)c1OCC(O)CNC(=O)CO. The van der Waals surface area contributed by atoms with Crippen molar-refractivity contribution in [2.24, 2.45) is 0 Å². The molecule has 0 saturated heterocycles. The summed E-state index contributed by atoms with van der Waals surface area (Å²) < 4.78 is 11.4. The van der Waals surface area contributed by atoms with Gasteiger partial charge in [-0.1, -0.05) is 12.1 Å². The third-order valence-electron chi connectivity index (χ3n) is 5.01. The maximum absolute atomic E-state index is 11.1. The van der Waals surface area contributed by atoms with Crippen molar-refractivity contribution < 1.29 is 24.3 Å². The third kappa shape index (κ3) is 6.96. The number of anilines is 1. The van der Waals surface area contributed by atoms with Crippen molar-refractivity contribution in [1.82, 2.24) is 25.4 Å². The van der Waals surface area contributed by atoms with E-state index in [1.54, 1.807) is 6.07 Å². The Labute approximate surface area is 204 Å². The Bertz CT molecular complexity index is 1160. The van der Waals surface area contributed by atoms with Gasteiger partial charge >= 0.3 is 0 Å². The van der Waals surface area contributed by atoms with Crippen LogP contribution in [0.2, 0.25) is 0 Å². The van der Waals surface area contributed by atoms with E-state index in [0.29, 0.717) is 35.5 Å². The summed E-state index contributed by atoms with van der Waals surface area (Å²) in [5, 5.41) is 28.5. The van der Waals surface area contributed by atoms with Crippen molar-refractivity contribution in [2.45, 2.75) is 53.2 Å². The van der Waals surface area contributed by atoms with Crippen molar-refractivity contribution in [3.63, 3.8) is 0 Å². The van der Waals surface area contributed by atoms with Crippen molar-refractivity contribution >= 4 is 11.9 Å². The van der Waals surface area contributed by atoms with Gasteiger partial charge in [0.1, 0.15) is 30.8 Å². The fraction of sp³-hybridized carbons (Fsp3) is 0.458. The number of aliphatic hydroxyl groups excluding tert-OH is 2. The highest BCUT2D eigenvalue weighted by Crippen LogP contribution is 2.31. The summed E-state index contributed by atoms with van der Waals surface area (Å²) >= 11 is 0. The number of nitrogens with one attached hydrogen (secondary N) is 2. The second kappa shape index (κ2) is 11.7. The van der Waals surface area contributed by atoms with Gasteiger partial charge in [0.25, 0.3) is 5.89 Å². The molecular weight excluding hydrogens is 452 g/mol. The van der Waals surface area contributed by atoms with Gasteiger partial charge in [-0.15, -0.1) is 0 Å². The number of nitrogens with zero attached hydrogens (tertiary/aromatic N) is 4. The molecule has 1 unspecified atom stereocenters. The first-order chi connectivity index (χ1) is 16.7. The third-order valence-corrected chi connectivity index (χ3v) is 5.01. The molecule has 4 N–H and O–H groups in total. The molecule has 0 saturated carbocycles. The highest BCUT2D eigenvalue weighted by molar-refractivity contribution is 5.76. The van der Waals surface area contributed by atoms with Gasteiger partial charge in [-0.3, -0.25) is 4.79 Å². The Morgan fingerprint density at radius 1 is 1.17 bits per heavy atom. The van der Waals surface area contributed by atoms with Gasteiger partial charge in [0.2, 0.25) is 17.7 Å². The second-order valence-electron chi connectivity index (χ2n) is 8.50. The lowest BCUT2D eigenvalue weighted by atomic mass is 10.0. The highest BCUT2D eigenvalue weighted by Gasteiger charge is 2.18. The van der Waals surface area contributed by atoms with Crippen LogP contribution in [0.15, 0.2) is 22.7 Å². The zero-order chi connectivity index (χ0) is 25.5. The summed E-state index contributed by atoms with van der Waals surface area (Å²) in [7, 11) is 0. The van der Waals surface area contributed by atoms with Crippen LogP contribution in [-0.2, 0) is 11.2 Å². The van der Waals surface area contributed by atoms with Crippen LogP contribution in [0.4, 0.5) is 5.95 Å². The standard InChI is InChI=1S/C24H32N6O5/c1-6-16-9-17(7-14(4)21(16)34-12-18(32)10-25-20(33)11-31)23-29-22(30-35-23)19-8-15(5)27-24(28-19)26-13(2)3/h7-9,13,18,31-32H,6,10-12H2,1-5H3,(H,25,33)(H,26,27,28). The van der Waals surface area contributed by atoms with Gasteiger partial charge in [0, 0.05) is 23.8 Å². The molecule has 2 aromatic heterocycles. The predicted molar refractivity (Wildman–Crippen MR) is 130 cm³/mol. The Balaban J connectivity index is 1.79. The Kier molecular flexibility index (Phi) is 8.72. The number of aryl methyl sites for hydroxylation is 3. The molecule has 11 heteroatoms. The van der Waals surface area contributed by atoms with Crippen LogP contribution in [-0.4, -0.2) is 68.1 Å². The van der Waals surface area contributed by atoms with Crippen LogP contribution >= 0.6 is 0 Å². The maximum atomic E-state index is 11.1. The number of hydrogen-bond acceptors (Lipinski definition) is 10. The monoisotopic (exact) mass is 484 g/mol. The molecule has 1 aromatic carbocycles. The molecule has 0 bridgehead atoms. The van der Waals surface area contributed by atoms with Crippen LogP contribution in [0.1, 0.15) is 37.6 Å². The number of hydrogen-bond donors (Lipinski definition) is 4. The first-order valence-corrected chi connectivity index (χ1v) is 11.5. The largest absolute Gasteiger partial charge is 0.490 e. The number of carbonyl (C=O) groups is 1. The number of benzene rings is 1. The zero-order valence-electron chi connectivity index (χ0n) is 20.6. The maximum Gasteiger partial charge on any atom is 0.258 e. The lowest BCUT2D eigenvalue weighted by Crippen LogP contribution is -2.36. The first kappa shape index (κ1) is 26.0. The molecule has 3 aromatic rings. The van der Waals surface area contributed by atoms with Gasteiger partial charge in [-0.2, -0.15) is 4.98 Å². The number of rotatable bonds is 11. The first-order valence-electron chi connectivity index (χ1n) is 11.5. The number of aromatic nitrogens is 4. The summed E-state index contributed by atoms with van der Waals surface area (Å²) in [6.07, 6.45) is -0.239. The van der Waals surface area contributed by atoms with Gasteiger partial charge in [-0.25, -0.2) is 9.97 Å². The molecule has 0 aliphatic heterocycles. The van der Waals surface area contributed by atoms with Gasteiger partial charge in [0.15, 0.2) is 0 Å². The second-order valence-corrected chi connectivity index (χ2v) is 8.50. The van der Waals surface area contributed by atoms with Crippen molar-refractivity contribution in [3.8, 4) is 28.7 Å². The van der Waals surface area contributed by atoms with E-state index in [-0.39, 0.29) is 19.2 Å². The molecule has 188 valence electrons. The predicted octanol–water partition coefficient (Wildman–Crippen LogP) is 2.04. The van der Waals surface area contributed by atoms with Crippen LogP contribution in [0.25, 0.3) is 23.0 Å². The molecule has 11 nitrogen and oxygen atoms in total. The lowest BCUT2D eigenvalue weighted by Gasteiger charge is -2.17. The topological polar surface area (TPSA) is 156 Å². The van der Waals surface area contributed by atoms with Gasteiger partial charge in [0.05, 0.1) is 0 Å². The molecule has 1 atom stereocenters. The van der Waals surface area contributed by atoms with E-state index >= 15 is 0 Å². The van der Waals surface area contributed by atoms with Crippen molar-refractivity contribution in [2.75, 3.05) is 25.1 Å². The van der Waals surface area contributed by atoms with E-state index in [4.69, 9.17) is 14.4 Å². The molecule has 0 fully saturated rings. The van der Waals surface area contributed by atoms with Crippen LogP contribution in [0.3, 0.4) is 0 Å². The Morgan fingerprint density at radius 3 is 2.63 bits per heavy atom. The Hall–Kier alpha value is -3.57.